The maximum Gasteiger partial charge on any atom is 0.272 e. The molecule has 8 heteroatoms. The molecule has 1 aliphatic heterocycles. The van der Waals surface area contributed by atoms with Crippen LogP contribution < -0.4 is 10.1 Å². The smallest absolute Gasteiger partial charge is 0.272 e. The van der Waals surface area contributed by atoms with Gasteiger partial charge in [-0.15, -0.1) is 0 Å². The second-order valence-corrected chi connectivity index (χ2v) is 6.02. The second kappa shape index (κ2) is 8.03. The predicted octanol–water partition coefficient (Wildman–Crippen LogP) is 1.71. The minimum atomic E-state index is -2.62. The Kier molecular flexibility index (Phi) is 6.05. The molecule has 0 aromatic carbocycles. The van der Waals surface area contributed by atoms with Crippen molar-refractivity contribution in [2.45, 2.75) is 32.7 Å². The molecule has 1 saturated heterocycles. The lowest BCUT2D eigenvalue weighted by molar-refractivity contribution is -0.128. The molecule has 6 nitrogen and oxygen atoms in total. The number of nitrogens with zero attached hydrogens (tertiary/aromatic N) is 2. The summed E-state index contributed by atoms with van der Waals surface area (Å²) < 4.78 is 29.3. The van der Waals surface area contributed by atoms with Gasteiger partial charge in [0.05, 0.1) is 0 Å². The average molecular weight is 341 g/mol. The third-order valence-corrected chi connectivity index (χ3v) is 3.63. The summed E-state index contributed by atoms with van der Waals surface area (Å²) in [6, 6.07) is 2.27. The Morgan fingerprint density at radius 1 is 1.50 bits per heavy atom. The van der Waals surface area contributed by atoms with Crippen LogP contribution in [-0.2, 0) is 4.79 Å². The number of aromatic nitrogens is 1. The highest BCUT2D eigenvalue weighted by Crippen LogP contribution is 2.19. The maximum atomic E-state index is 12.7. The van der Waals surface area contributed by atoms with Crippen LogP contribution >= 0.6 is 0 Å². The normalized spacial score (nSPS) is 18.0. The van der Waals surface area contributed by atoms with E-state index in [1.54, 1.807) is 0 Å². The zero-order valence-corrected chi connectivity index (χ0v) is 13.7. The van der Waals surface area contributed by atoms with Crippen LogP contribution in [0.4, 0.5) is 8.78 Å². The van der Waals surface area contributed by atoms with Gasteiger partial charge in [0.25, 0.3) is 12.3 Å². The molecule has 2 amide bonds. The SMILES string of the molecule is CC(C)C[C@H]1C(=O)NCCN1C(=O)c1ccnc(OCC(F)F)c1. The van der Waals surface area contributed by atoms with Crippen LogP contribution in [0.15, 0.2) is 18.3 Å². The minimum Gasteiger partial charge on any atom is -0.472 e. The van der Waals surface area contributed by atoms with E-state index < -0.39 is 19.1 Å². The monoisotopic (exact) mass is 341 g/mol. The number of hydrogen-bond acceptors (Lipinski definition) is 4. The summed E-state index contributed by atoms with van der Waals surface area (Å²) in [4.78, 5) is 30.2. The molecule has 0 radical (unpaired) electrons. The number of pyridine rings is 1. The molecule has 2 heterocycles. The highest BCUT2D eigenvalue weighted by Gasteiger charge is 2.34. The third kappa shape index (κ3) is 4.62. The summed E-state index contributed by atoms with van der Waals surface area (Å²) >= 11 is 0. The molecule has 0 aliphatic carbocycles. The minimum absolute atomic E-state index is 0.0389. The molecule has 1 N–H and O–H groups in total. The molecule has 1 aromatic rings. The predicted molar refractivity (Wildman–Crippen MR) is 83.0 cm³/mol. The van der Waals surface area contributed by atoms with Gasteiger partial charge in [-0.3, -0.25) is 9.59 Å². The van der Waals surface area contributed by atoms with Crippen molar-refractivity contribution in [3.05, 3.63) is 23.9 Å². The first-order chi connectivity index (χ1) is 11.4. The van der Waals surface area contributed by atoms with Crippen molar-refractivity contribution in [3.63, 3.8) is 0 Å². The van der Waals surface area contributed by atoms with Crippen LogP contribution in [0.25, 0.3) is 0 Å². The summed E-state index contributed by atoms with van der Waals surface area (Å²) in [5, 5.41) is 2.76. The quantitative estimate of drug-likeness (QED) is 0.855. The van der Waals surface area contributed by atoms with Gasteiger partial charge in [0.15, 0.2) is 6.61 Å². The van der Waals surface area contributed by atoms with Crippen molar-refractivity contribution < 1.29 is 23.1 Å². The first-order valence-electron chi connectivity index (χ1n) is 7.84. The first-order valence-corrected chi connectivity index (χ1v) is 7.84. The van der Waals surface area contributed by atoms with E-state index in [9.17, 15) is 18.4 Å². The third-order valence-electron chi connectivity index (χ3n) is 3.63. The molecule has 24 heavy (non-hydrogen) atoms. The Bertz CT molecular complexity index is 596. The van der Waals surface area contributed by atoms with Gasteiger partial charge < -0.3 is 15.0 Å². The van der Waals surface area contributed by atoms with Crippen molar-refractivity contribution in [2.24, 2.45) is 5.92 Å². The lowest BCUT2D eigenvalue weighted by Crippen LogP contribution is -2.57. The molecule has 0 saturated carbocycles. The van der Waals surface area contributed by atoms with E-state index in [1.165, 1.54) is 23.2 Å². The largest absolute Gasteiger partial charge is 0.472 e. The van der Waals surface area contributed by atoms with Crippen molar-refractivity contribution in [1.29, 1.82) is 0 Å². The summed E-state index contributed by atoms with van der Waals surface area (Å²) in [6.07, 6.45) is -0.736. The van der Waals surface area contributed by atoms with Gasteiger partial charge in [0.1, 0.15) is 6.04 Å². The number of piperazine rings is 1. The van der Waals surface area contributed by atoms with E-state index in [4.69, 9.17) is 4.74 Å². The number of carbonyl (C=O) groups is 2. The fourth-order valence-corrected chi connectivity index (χ4v) is 2.57. The lowest BCUT2D eigenvalue weighted by Gasteiger charge is -2.36. The van der Waals surface area contributed by atoms with Crippen LogP contribution in [0.5, 0.6) is 5.88 Å². The molecular formula is C16H21F2N3O3. The van der Waals surface area contributed by atoms with E-state index >= 15 is 0 Å². The van der Waals surface area contributed by atoms with Gasteiger partial charge in [-0.1, -0.05) is 13.8 Å². The van der Waals surface area contributed by atoms with Gasteiger partial charge >= 0.3 is 0 Å². The fourth-order valence-electron chi connectivity index (χ4n) is 2.57. The van der Waals surface area contributed by atoms with Gasteiger partial charge in [-0.05, 0) is 18.4 Å². The van der Waals surface area contributed by atoms with Crippen molar-refractivity contribution in [2.75, 3.05) is 19.7 Å². The standard InChI is InChI=1S/C16H21F2N3O3/c1-10(2)7-12-15(22)20-5-6-21(12)16(23)11-3-4-19-14(8-11)24-9-13(17)18/h3-4,8,10,12-13H,5-7,9H2,1-2H3,(H,20,22)/t12-/m0/s1. The highest BCUT2D eigenvalue weighted by atomic mass is 19.3. The molecule has 0 unspecified atom stereocenters. The van der Waals surface area contributed by atoms with Crippen molar-refractivity contribution >= 4 is 11.8 Å². The highest BCUT2D eigenvalue weighted by molar-refractivity contribution is 5.98. The first kappa shape index (κ1) is 18.1. The van der Waals surface area contributed by atoms with Gasteiger partial charge in [0, 0.05) is 30.9 Å². The van der Waals surface area contributed by atoms with Crippen molar-refractivity contribution in [3.8, 4) is 5.88 Å². The molecular weight excluding hydrogens is 320 g/mol. The number of ether oxygens (including phenoxy) is 1. The summed E-state index contributed by atoms with van der Waals surface area (Å²) in [5.41, 5.74) is 0.262. The number of rotatable bonds is 6. The average Bonchev–Trinajstić information content (AvgIpc) is 2.54. The molecule has 1 aromatic heterocycles. The maximum absolute atomic E-state index is 12.7. The van der Waals surface area contributed by atoms with E-state index in [-0.39, 0.29) is 29.2 Å². The zero-order chi connectivity index (χ0) is 17.7. The fraction of sp³-hybridized carbons (Fsp3) is 0.562. The van der Waals surface area contributed by atoms with Gasteiger partial charge in [0.2, 0.25) is 11.8 Å². The molecule has 0 bridgehead atoms. The number of alkyl halides is 2. The summed E-state index contributed by atoms with van der Waals surface area (Å²) in [7, 11) is 0. The molecule has 132 valence electrons. The topological polar surface area (TPSA) is 71.5 Å². The number of hydrogen-bond donors (Lipinski definition) is 1. The van der Waals surface area contributed by atoms with E-state index in [0.717, 1.165) is 0 Å². The Morgan fingerprint density at radius 3 is 2.92 bits per heavy atom. The van der Waals surface area contributed by atoms with Crippen LogP contribution in [0, 0.1) is 5.92 Å². The number of carbonyl (C=O) groups excluding carboxylic acids is 2. The van der Waals surface area contributed by atoms with Gasteiger partial charge in [-0.25, -0.2) is 13.8 Å². The Morgan fingerprint density at radius 2 is 2.25 bits per heavy atom. The molecule has 0 spiro atoms. The zero-order valence-electron chi connectivity index (χ0n) is 13.7. The Labute approximate surface area is 139 Å². The van der Waals surface area contributed by atoms with Crippen LogP contribution in [0.1, 0.15) is 30.6 Å². The second-order valence-electron chi connectivity index (χ2n) is 6.02. The van der Waals surface area contributed by atoms with E-state index in [1.807, 2.05) is 13.8 Å². The van der Waals surface area contributed by atoms with Crippen molar-refractivity contribution in [1.82, 2.24) is 15.2 Å². The molecule has 1 fully saturated rings. The van der Waals surface area contributed by atoms with Gasteiger partial charge in [-0.2, -0.15) is 0 Å². The number of amides is 2. The lowest BCUT2D eigenvalue weighted by atomic mass is 9.99. The van der Waals surface area contributed by atoms with Crippen LogP contribution in [0.2, 0.25) is 0 Å². The molecule has 1 atom stereocenters. The Balaban J connectivity index is 2.16. The molecule has 2 rings (SSSR count). The Hall–Kier alpha value is -2.25. The van der Waals surface area contributed by atoms with E-state index in [2.05, 4.69) is 10.3 Å². The van der Waals surface area contributed by atoms with Crippen LogP contribution in [-0.4, -0.2) is 53.9 Å². The summed E-state index contributed by atoms with van der Waals surface area (Å²) in [5.74, 6) is -0.300. The molecule has 1 aliphatic rings. The van der Waals surface area contributed by atoms with E-state index in [0.29, 0.717) is 19.5 Å². The van der Waals surface area contributed by atoms with Crippen LogP contribution in [0.3, 0.4) is 0 Å². The summed E-state index contributed by atoms with van der Waals surface area (Å²) in [6.45, 7) is 3.96. The number of halogens is 2. The number of nitrogens with one attached hydrogen (secondary N) is 1.